The molecule has 7 heteroatoms. The van der Waals surface area contributed by atoms with E-state index in [1.165, 1.54) is 19.2 Å². The fourth-order valence-electron chi connectivity index (χ4n) is 2.20. The molecule has 3 nitrogen and oxygen atoms in total. The predicted octanol–water partition coefficient (Wildman–Crippen LogP) is 3.88. The van der Waals surface area contributed by atoms with Crippen molar-refractivity contribution in [3.63, 3.8) is 0 Å². The van der Waals surface area contributed by atoms with E-state index in [0.717, 1.165) is 12.3 Å². The van der Waals surface area contributed by atoms with E-state index in [9.17, 15) is 17.6 Å². The Bertz CT molecular complexity index is 807. The highest BCUT2D eigenvalue weighted by Crippen LogP contribution is 2.36. The number of benzene rings is 1. The van der Waals surface area contributed by atoms with Gasteiger partial charge >= 0.3 is 6.18 Å². The smallest absolute Gasteiger partial charge is 0.435 e. The second kappa shape index (κ2) is 4.09. The van der Waals surface area contributed by atoms with E-state index in [2.05, 4.69) is 9.97 Å². The summed E-state index contributed by atoms with van der Waals surface area (Å²) in [5.74, 6) is -0.670. The predicted molar refractivity (Wildman–Crippen MR) is 65.1 cm³/mol. The number of nitrogens with one attached hydrogen (secondary N) is 1. The number of alkyl halides is 3. The molecule has 2 aromatic heterocycles. The molecule has 2 heterocycles. The number of rotatable bonds is 1. The number of ether oxygens (including phenoxy) is 1. The van der Waals surface area contributed by atoms with Crippen LogP contribution in [0.2, 0.25) is 0 Å². The maximum atomic E-state index is 13.7. The Kier molecular flexibility index (Phi) is 2.60. The quantitative estimate of drug-likeness (QED) is 0.688. The summed E-state index contributed by atoms with van der Waals surface area (Å²) in [5.41, 5.74) is -0.829. The number of pyridine rings is 1. The summed E-state index contributed by atoms with van der Waals surface area (Å²) in [4.78, 5) is 5.98. The van der Waals surface area contributed by atoms with E-state index >= 15 is 0 Å². The van der Waals surface area contributed by atoms with Gasteiger partial charge in [0.2, 0.25) is 0 Å². The first kappa shape index (κ1) is 12.7. The van der Waals surface area contributed by atoms with Crippen LogP contribution in [-0.2, 0) is 6.18 Å². The van der Waals surface area contributed by atoms with E-state index < -0.39 is 17.7 Å². The topological polar surface area (TPSA) is 37.9 Å². The van der Waals surface area contributed by atoms with Crippen molar-refractivity contribution in [1.29, 1.82) is 0 Å². The summed E-state index contributed by atoms with van der Waals surface area (Å²) in [6, 6.07) is 3.88. The Labute approximate surface area is 110 Å². The molecule has 0 bridgehead atoms. The van der Waals surface area contributed by atoms with Gasteiger partial charge < -0.3 is 9.72 Å². The molecule has 0 unspecified atom stereocenters. The lowest BCUT2D eigenvalue weighted by atomic mass is 10.1. The fourth-order valence-corrected chi connectivity index (χ4v) is 2.20. The summed E-state index contributed by atoms with van der Waals surface area (Å²) in [6.45, 7) is 0. The number of nitrogens with zero attached hydrogens (tertiary/aromatic N) is 1. The van der Waals surface area contributed by atoms with Gasteiger partial charge in [-0.25, -0.2) is 9.37 Å². The van der Waals surface area contributed by atoms with E-state index in [1.54, 1.807) is 0 Å². The van der Waals surface area contributed by atoms with Gasteiger partial charge in [0.1, 0.15) is 0 Å². The maximum absolute atomic E-state index is 13.7. The number of aromatic nitrogens is 2. The monoisotopic (exact) mass is 284 g/mol. The van der Waals surface area contributed by atoms with Gasteiger partial charge in [0.25, 0.3) is 0 Å². The van der Waals surface area contributed by atoms with Crippen molar-refractivity contribution in [1.82, 2.24) is 9.97 Å². The largest absolute Gasteiger partial charge is 0.494 e. The average Bonchev–Trinajstić information content (AvgIpc) is 2.74. The molecule has 0 spiro atoms. The fraction of sp³-hybridized carbons (Fsp3) is 0.154. The van der Waals surface area contributed by atoms with Crippen LogP contribution in [0.4, 0.5) is 17.6 Å². The molecule has 0 saturated carbocycles. The second-order valence-corrected chi connectivity index (χ2v) is 4.24. The molecule has 0 fully saturated rings. The van der Waals surface area contributed by atoms with Crippen LogP contribution >= 0.6 is 0 Å². The van der Waals surface area contributed by atoms with Gasteiger partial charge in [0.15, 0.2) is 17.3 Å². The highest BCUT2D eigenvalue weighted by Gasteiger charge is 2.35. The SMILES string of the molecule is COc1cc2[nH]c3c(C(F)(F)F)nccc3c2cc1F. The molecule has 0 aliphatic heterocycles. The lowest BCUT2D eigenvalue weighted by molar-refractivity contribution is -0.139. The van der Waals surface area contributed by atoms with E-state index in [0.29, 0.717) is 10.9 Å². The first-order valence-corrected chi connectivity index (χ1v) is 5.63. The van der Waals surface area contributed by atoms with Gasteiger partial charge in [-0.3, -0.25) is 0 Å². The van der Waals surface area contributed by atoms with E-state index in [-0.39, 0.29) is 16.7 Å². The Morgan fingerprint density at radius 2 is 1.95 bits per heavy atom. The van der Waals surface area contributed by atoms with Crippen molar-refractivity contribution in [3.05, 3.63) is 35.9 Å². The second-order valence-electron chi connectivity index (χ2n) is 4.24. The van der Waals surface area contributed by atoms with Crippen molar-refractivity contribution in [2.45, 2.75) is 6.18 Å². The minimum atomic E-state index is -4.58. The third kappa shape index (κ3) is 1.77. The van der Waals surface area contributed by atoms with Crippen LogP contribution in [0, 0.1) is 5.82 Å². The van der Waals surface area contributed by atoms with Crippen molar-refractivity contribution in [3.8, 4) is 5.75 Å². The molecule has 0 radical (unpaired) electrons. The molecule has 0 aliphatic rings. The zero-order chi connectivity index (χ0) is 14.5. The third-order valence-electron chi connectivity index (χ3n) is 3.06. The number of methoxy groups -OCH3 is 1. The Morgan fingerprint density at radius 1 is 1.20 bits per heavy atom. The first-order valence-electron chi connectivity index (χ1n) is 5.63. The zero-order valence-corrected chi connectivity index (χ0v) is 10.2. The number of aromatic amines is 1. The summed E-state index contributed by atoms with van der Waals surface area (Å²) < 4.78 is 57.2. The van der Waals surface area contributed by atoms with Crippen LogP contribution in [0.15, 0.2) is 24.4 Å². The van der Waals surface area contributed by atoms with Crippen molar-refractivity contribution < 1.29 is 22.3 Å². The van der Waals surface area contributed by atoms with E-state index in [1.807, 2.05) is 0 Å². The van der Waals surface area contributed by atoms with E-state index in [4.69, 9.17) is 4.74 Å². The number of halogens is 4. The number of H-pyrrole nitrogens is 1. The molecule has 0 amide bonds. The molecule has 0 atom stereocenters. The average molecular weight is 284 g/mol. The summed E-state index contributed by atoms with van der Waals surface area (Å²) in [5, 5.41) is 0.620. The van der Waals surface area contributed by atoms with Crippen LogP contribution in [0.1, 0.15) is 5.69 Å². The van der Waals surface area contributed by atoms with Crippen LogP contribution in [0.3, 0.4) is 0 Å². The molecule has 1 aromatic carbocycles. The summed E-state index contributed by atoms with van der Waals surface area (Å²) >= 11 is 0. The lowest BCUT2D eigenvalue weighted by Gasteiger charge is -2.05. The summed E-state index contributed by atoms with van der Waals surface area (Å²) in [7, 11) is 1.29. The number of hydrogen-bond donors (Lipinski definition) is 1. The standard InChI is InChI=1S/C13H8F4N2O/c1-20-10-5-9-7(4-8(10)14)6-2-3-18-12(11(6)19-9)13(15,16)17/h2-5,19H,1H3. The molecule has 0 aliphatic carbocycles. The Hall–Kier alpha value is -2.31. The Balaban J connectivity index is 2.42. The summed E-state index contributed by atoms with van der Waals surface area (Å²) in [6.07, 6.45) is -3.52. The van der Waals surface area contributed by atoms with Gasteiger partial charge in [0.05, 0.1) is 18.1 Å². The van der Waals surface area contributed by atoms with Gasteiger partial charge in [-0.15, -0.1) is 0 Å². The minimum absolute atomic E-state index is 0.0365. The number of hydrogen-bond acceptors (Lipinski definition) is 2. The van der Waals surface area contributed by atoms with Crippen LogP contribution in [-0.4, -0.2) is 17.1 Å². The van der Waals surface area contributed by atoms with Crippen molar-refractivity contribution in [2.24, 2.45) is 0 Å². The highest BCUT2D eigenvalue weighted by atomic mass is 19.4. The normalized spacial score (nSPS) is 12.2. The molecule has 20 heavy (non-hydrogen) atoms. The molecular weight excluding hydrogens is 276 g/mol. The van der Waals surface area contributed by atoms with Crippen LogP contribution < -0.4 is 4.74 Å². The Morgan fingerprint density at radius 3 is 2.60 bits per heavy atom. The lowest BCUT2D eigenvalue weighted by Crippen LogP contribution is -2.08. The zero-order valence-electron chi connectivity index (χ0n) is 10.2. The van der Waals surface area contributed by atoms with Gasteiger partial charge in [0, 0.05) is 23.0 Å². The van der Waals surface area contributed by atoms with Crippen LogP contribution in [0.5, 0.6) is 5.75 Å². The molecule has 3 rings (SSSR count). The minimum Gasteiger partial charge on any atom is -0.494 e. The van der Waals surface area contributed by atoms with Gasteiger partial charge in [-0.2, -0.15) is 13.2 Å². The molecule has 3 aromatic rings. The third-order valence-corrected chi connectivity index (χ3v) is 3.06. The van der Waals surface area contributed by atoms with Crippen LogP contribution in [0.25, 0.3) is 21.8 Å². The molecule has 104 valence electrons. The van der Waals surface area contributed by atoms with Gasteiger partial charge in [-0.05, 0) is 12.1 Å². The van der Waals surface area contributed by atoms with Gasteiger partial charge in [-0.1, -0.05) is 0 Å². The highest BCUT2D eigenvalue weighted by molar-refractivity contribution is 6.08. The maximum Gasteiger partial charge on any atom is 0.435 e. The molecular formula is C13H8F4N2O. The van der Waals surface area contributed by atoms with Crippen molar-refractivity contribution in [2.75, 3.05) is 7.11 Å². The first-order chi connectivity index (χ1) is 9.41. The molecule has 0 saturated heterocycles. The number of fused-ring (bicyclic) bond motifs is 3. The molecule has 1 N–H and O–H groups in total. The van der Waals surface area contributed by atoms with Crippen molar-refractivity contribution >= 4 is 21.8 Å².